The molecule has 0 amide bonds. The number of aromatic nitrogens is 6. The molecule has 2 heterocycles. The highest BCUT2D eigenvalue weighted by Gasteiger charge is 2.13. The number of rotatable bonds is 7. The van der Waals surface area contributed by atoms with Crippen molar-refractivity contribution in [3.05, 3.63) is 65.5 Å². The first-order valence-electron chi connectivity index (χ1n) is 8.63. The van der Waals surface area contributed by atoms with Crippen LogP contribution in [-0.4, -0.2) is 37.5 Å². The molecule has 0 aliphatic carbocycles. The van der Waals surface area contributed by atoms with E-state index in [4.69, 9.17) is 9.26 Å². The van der Waals surface area contributed by atoms with Crippen molar-refractivity contribution >= 4 is 11.8 Å². The fraction of sp³-hybridized carbons (Fsp3) is 0.211. The Morgan fingerprint density at radius 3 is 2.61 bits per heavy atom. The first-order chi connectivity index (χ1) is 13.7. The predicted octanol–water partition coefficient (Wildman–Crippen LogP) is 3.38. The van der Waals surface area contributed by atoms with Crippen LogP contribution in [0, 0.1) is 6.92 Å². The van der Waals surface area contributed by atoms with Crippen LogP contribution in [0.25, 0.3) is 11.4 Å². The van der Waals surface area contributed by atoms with Gasteiger partial charge in [0.2, 0.25) is 16.9 Å². The van der Waals surface area contributed by atoms with E-state index in [0.29, 0.717) is 29.2 Å². The van der Waals surface area contributed by atoms with Crippen molar-refractivity contribution in [2.24, 2.45) is 0 Å². The van der Waals surface area contributed by atoms with Gasteiger partial charge in [-0.05, 0) is 35.0 Å². The van der Waals surface area contributed by atoms with E-state index in [2.05, 4.69) is 25.7 Å². The summed E-state index contributed by atoms with van der Waals surface area (Å²) in [5.74, 6) is 2.41. The van der Waals surface area contributed by atoms with Crippen LogP contribution in [0.1, 0.15) is 17.0 Å². The molecule has 2 aromatic carbocycles. The van der Waals surface area contributed by atoms with Crippen LogP contribution in [0.15, 0.2) is 58.2 Å². The van der Waals surface area contributed by atoms with Gasteiger partial charge in [-0.3, -0.25) is 0 Å². The Hall–Kier alpha value is -3.20. The van der Waals surface area contributed by atoms with E-state index in [1.54, 1.807) is 11.8 Å². The number of methoxy groups -OCH3 is 1. The highest BCUT2D eigenvalue weighted by atomic mass is 32.2. The summed E-state index contributed by atoms with van der Waals surface area (Å²) in [5.41, 5.74) is 3.19. The molecule has 8 nitrogen and oxygen atoms in total. The molecular formula is C19H18N6O2S. The minimum atomic E-state index is 0.488. The van der Waals surface area contributed by atoms with Crippen LogP contribution < -0.4 is 4.74 Å². The predicted molar refractivity (Wildman–Crippen MR) is 104 cm³/mol. The van der Waals surface area contributed by atoms with E-state index in [1.165, 1.54) is 17.3 Å². The summed E-state index contributed by atoms with van der Waals surface area (Å²) >= 11 is 1.45. The third-order valence-electron chi connectivity index (χ3n) is 4.09. The normalized spacial score (nSPS) is 10.9. The zero-order valence-corrected chi connectivity index (χ0v) is 16.3. The van der Waals surface area contributed by atoms with E-state index >= 15 is 0 Å². The van der Waals surface area contributed by atoms with Gasteiger partial charge in [-0.15, -0.1) is 5.10 Å². The maximum Gasteiger partial charge on any atom is 0.237 e. The van der Waals surface area contributed by atoms with Gasteiger partial charge >= 0.3 is 0 Å². The van der Waals surface area contributed by atoms with Crippen molar-refractivity contribution in [2.75, 3.05) is 7.11 Å². The molecule has 0 unspecified atom stereocenters. The quantitative estimate of drug-likeness (QED) is 0.441. The molecule has 0 bridgehead atoms. The molecule has 2 aromatic heterocycles. The molecule has 0 aliphatic rings. The third-order valence-corrected chi connectivity index (χ3v) is 5.03. The second-order valence-electron chi connectivity index (χ2n) is 6.13. The van der Waals surface area contributed by atoms with Crippen LogP contribution in [0.4, 0.5) is 0 Å². The second-order valence-corrected chi connectivity index (χ2v) is 7.08. The number of nitrogens with zero attached hydrogens (tertiary/aromatic N) is 6. The van der Waals surface area contributed by atoms with Crippen LogP contribution in [-0.2, 0) is 12.3 Å². The molecular weight excluding hydrogens is 376 g/mol. The largest absolute Gasteiger partial charge is 0.497 e. The zero-order chi connectivity index (χ0) is 19.3. The van der Waals surface area contributed by atoms with Gasteiger partial charge in [0.05, 0.1) is 19.4 Å². The van der Waals surface area contributed by atoms with Gasteiger partial charge in [0.1, 0.15) is 5.75 Å². The van der Waals surface area contributed by atoms with E-state index in [0.717, 1.165) is 16.9 Å². The highest BCUT2D eigenvalue weighted by Crippen LogP contribution is 2.22. The Bertz CT molecular complexity index is 1040. The lowest BCUT2D eigenvalue weighted by atomic mass is 10.1. The average molecular weight is 394 g/mol. The van der Waals surface area contributed by atoms with E-state index < -0.39 is 0 Å². The lowest BCUT2D eigenvalue weighted by molar-refractivity contribution is 0.391. The summed E-state index contributed by atoms with van der Waals surface area (Å²) in [7, 11) is 1.65. The van der Waals surface area contributed by atoms with Crippen LogP contribution in [0.3, 0.4) is 0 Å². The Labute approximate surface area is 165 Å². The summed E-state index contributed by atoms with van der Waals surface area (Å²) in [6, 6.07) is 15.8. The maximum atomic E-state index is 5.36. The summed E-state index contributed by atoms with van der Waals surface area (Å²) < 4.78 is 12.3. The van der Waals surface area contributed by atoms with Gasteiger partial charge in [0.15, 0.2) is 0 Å². The van der Waals surface area contributed by atoms with Gasteiger partial charge < -0.3 is 9.26 Å². The summed E-state index contributed by atoms with van der Waals surface area (Å²) in [5, 5.41) is 16.7. The third kappa shape index (κ3) is 4.20. The molecule has 28 heavy (non-hydrogen) atoms. The van der Waals surface area contributed by atoms with Gasteiger partial charge in [-0.1, -0.05) is 58.9 Å². The molecule has 4 rings (SSSR count). The van der Waals surface area contributed by atoms with Crippen molar-refractivity contribution < 1.29 is 9.26 Å². The zero-order valence-electron chi connectivity index (χ0n) is 15.4. The van der Waals surface area contributed by atoms with Gasteiger partial charge in [0.25, 0.3) is 0 Å². The summed E-state index contributed by atoms with van der Waals surface area (Å²) in [6.45, 7) is 2.61. The van der Waals surface area contributed by atoms with Crippen molar-refractivity contribution in [1.29, 1.82) is 0 Å². The monoisotopic (exact) mass is 394 g/mol. The lowest BCUT2D eigenvalue weighted by Gasteiger charge is -2.05. The number of hydrogen-bond donors (Lipinski definition) is 0. The molecule has 0 saturated heterocycles. The molecule has 0 fully saturated rings. The van der Waals surface area contributed by atoms with Crippen LogP contribution in [0.2, 0.25) is 0 Å². The number of aryl methyl sites for hydroxylation is 1. The smallest absolute Gasteiger partial charge is 0.237 e. The maximum absolute atomic E-state index is 5.36. The first kappa shape index (κ1) is 18.2. The van der Waals surface area contributed by atoms with Crippen molar-refractivity contribution in [3.63, 3.8) is 0 Å². The molecule has 9 heteroatoms. The minimum absolute atomic E-state index is 0.488. The average Bonchev–Trinajstić information content (AvgIpc) is 3.37. The fourth-order valence-corrected chi connectivity index (χ4v) is 3.28. The first-order valence-corrected chi connectivity index (χ1v) is 9.61. The topological polar surface area (TPSA) is 91.8 Å². The van der Waals surface area contributed by atoms with Crippen molar-refractivity contribution in [3.8, 4) is 17.1 Å². The van der Waals surface area contributed by atoms with Gasteiger partial charge in [0, 0.05) is 5.56 Å². The number of tetrazole rings is 1. The van der Waals surface area contributed by atoms with E-state index in [-0.39, 0.29) is 0 Å². The standard InChI is InChI=1S/C19H18N6O2S/c1-13-3-7-15(8-4-13)18-20-17(27-22-18)12-28-19-21-23-24-25(19)11-14-5-9-16(26-2)10-6-14/h3-10H,11-12H2,1-2H3. The molecule has 0 spiro atoms. The van der Waals surface area contributed by atoms with Crippen molar-refractivity contribution in [1.82, 2.24) is 30.3 Å². The van der Waals surface area contributed by atoms with Gasteiger partial charge in [-0.2, -0.15) is 4.98 Å². The van der Waals surface area contributed by atoms with E-state index in [9.17, 15) is 0 Å². The van der Waals surface area contributed by atoms with Crippen molar-refractivity contribution in [2.45, 2.75) is 24.4 Å². The Morgan fingerprint density at radius 2 is 1.86 bits per heavy atom. The Kier molecular flexibility index (Phi) is 5.34. The molecule has 0 atom stereocenters. The Balaban J connectivity index is 1.40. The molecule has 0 radical (unpaired) electrons. The lowest BCUT2D eigenvalue weighted by Crippen LogP contribution is -2.04. The second kappa shape index (κ2) is 8.22. The minimum Gasteiger partial charge on any atom is -0.497 e. The molecule has 0 aliphatic heterocycles. The molecule has 142 valence electrons. The molecule has 4 aromatic rings. The highest BCUT2D eigenvalue weighted by molar-refractivity contribution is 7.98. The number of thioether (sulfide) groups is 1. The number of ether oxygens (including phenoxy) is 1. The number of hydrogen-bond acceptors (Lipinski definition) is 8. The van der Waals surface area contributed by atoms with Gasteiger partial charge in [-0.25, -0.2) is 4.68 Å². The van der Waals surface area contributed by atoms with E-state index in [1.807, 2.05) is 55.5 Å². The molecule has 0 N–H and O–H groups in total. The summed E-state index contributed by atoms with van der Waals surface area (Å²) in [6.07, 6.45) is 0. The van der Waals surface area contributed by atoms with Crippen LogP contribution in [0.5, 0.6) is 5.75 Å². The Morgan fingerprint density at radius 1 is 1.07 bits per heavy atom. The SMILES string of the molecule is COc1ccc(Cn2nnnc2SCc2nc(-c3ccc(C)cc3)no2)cc1. The molecule has 0 saturated carbocycles. The summed E-state index contributed by atoms with van der Waals surface area (Å²) in [4.78, 5) is 4.45. The number of benzene rings is 2. The fourth-order valence-electron chi connectivity index (χ4n) is 2.56. The van der Waals surface area contributed by atoms with Crippen LogP contribution >= 0.6 is 11.8 Å².